The van der Waals surface area contributed by atoms with Gasteiger partial charge < -0.3 is 9.73 Å². The monoisotopic (exact) mass is 258 g/mol. The minimum absolute atomic E-state index is 0.679. The van der Waals surface area contributed by atoms with Crippen molar-refractivity contribution in [1.29, 1.82) is 0 Å². The summed E-state index contributed by atoms with van der Waals surface area (Å²) in [5.74, 6) is 1.59. The van der Waals surface area contributed by atoms with Crippen LogP contribution in [0.1, 0.15) is 12.8 Å². The summed E-state index contributed by atoms with van der Waals surface area (Å²) in [7, 11) is 0. The van der Waals surface area contributed by atoms with E-state index in [-0.39, 0.29) is 0 Å². The number of thiophene rings is 1. The highest BCUT2D eigenvalue weighted by Gasteiger charge is 2.10. The summed E-state index contributed by atoms with van der Waals surface area (Å²) in [5.41, 5.74) is 1.13. The van der Waals surface area contributed by atoms with Crippen LogP contribution in [0, 0.1) is 0 Å². The molecule has 1 aromatic carbocycles. The molecule has 0 atom stereocenters. The molecule has 0 spiro atoms. The normalized spacial score (nSPS) is 11.2. The molecule has 2 aromatic heterocycles. The summed E-state index contributed by atoms with van der Waals surface area (Å²) in [5, 5.41) is 6.56. The summed E-state index contributed by atoms with van der Waals surface area (Å²) in [6, 6.07) is 8.35. The molecule has 2 heterocycles. The van der Waals surface area contributed by atoms with Crippen molar-refractivity contribution >= 4 is 21.4 Å². The van der Waals surface area contributed by atoms with E-state index in [1.807, 2.05) is 0 Å². The highest BCUT2D eigenvalue weighted by Crippen LogP contribution is 2.33. The Morgan fingerprint density at radius 2 is 2.22 bits per heavy atom. The summed E-state index contributed by atoms with van der Waals surface area (Å²) in [4.78, 5) is 4.29. The van der Waals surface area contributed by atoms with Gasteiger partial charge in [-0.05, 0) is 12.6 Å². The Labute approximate surface area is 109 Å². The molecule has 0 fully saturated rings. The van der Waals surface area contributed by atoms with Gasteiger partial charge in [-0.15, -0.1) is 11.3 Å². The average molecular weight is 258 g/mol. The van der Waals surface area contributed by atoms with Crippen molar-refractivity contribution in [1.82, 2.24) is 10.3 Å². The lowest BCUT2D eigenvalue weighted by molar-refractivity contribution is 0.483. The first-order valence-electron chi connectivity index (χ1n) is 6.00. The first kappa shape index (κ1) is 11.4. The minimum atomic E-state index is 0.679. The van der Waals surface area contributed by atoms with Crippen LogP contribution in [0.15, 0.2) is 40.3 Å². The molecule has 0 amide bonds. The number of oxazole rings is 1. The van der Waals surface area contributed by atoms with Crippen LogP contribution in [0.4, 0.5) is 0 Å². The second-order valence-electron chi connectivity index (χ2n) is 4.04. The van der Waals surface area contributed by atoms with Gasteiger partial charge in [0.15, 0.2) is 5.76 Å². The van der Waals surface area contributed by atoms with E-state index in [9.17, 15) is 0 Å². The van der Waals surface area contributed by atoms with Gasteiger partial charge >= 0.3 is 0 Å². The molecule has 0 aliphatic carbocycles. The van der Waals surface area contributed by atoms with E-state index >= 15 is 0 Å². The SMILES string of the molecule is CCNCc1ncc(-c2csc3ccccc23)o1. The number of benzene rings is 1. The zero-order valence-corrected chi connectivity index (χ0v) is 11.0. The van der Waals surface area contributed by atoms with Crippen LogP contribution in [0.2, 0.25) is 0 Å². The van der Waals surface area contributed by atoms with Crippen molar-refractivity contribution in [2.75, 3.05) is 6.54 Å². The van der Waals surface area contributed by atoms with E-state index < -0.39 is 0 Å². The fourth-order valence-corrected chi connectivity index (χ4v) is 2.87. The van der Waals surface area contributed by atoms with E-state index in [1.165, 1.54) is 10.1 Å². The Balaban J connectivity index is 1.96. The third kappa shape index (κ3) is 2.05. The van der Waals surface area contributed by atoms with Crippen LogP contribution in [0.25, 0.3) is 21.4 Å². The largest absolute Gasteiger partial charge is 0.439 e. The van der Waals surface area contributed by atoms with E-state index in [2.05, 4.69) is 46.9 Å². The Morgan fingerprint density at radius 1 is 1.33 bits per heavy atom. The number of aromatic nitrogens is 1. The Morgan fingerprint density at radius 3 is 3.11 bits per heavy atom. The van der Waals surface area contributed by atoms with Gasteiger partial charge in [0.2, 0.25) is 5.89 Å². The van der Waals surface area contributed by atoms with E-state index in [0.717, 1.165) is 23.8 Å². The van der Waals surface area contributed by atoms with Gasteiger partial charge in [0.25, 0.3) is 0 Å². The van der Waals surface area contributed by atoms with Crippen LogP contribution < -0.4 is 5.32 Å². The molecular weight excluding hydrogens is 244 g/mol. The molecule has 18 heavy (non-hydrogen) atoms. The Hall–Kier alpha value is -1.65. The van der Waals surface area contributed by atoms with E-state index in [0.29, 0.717) is 6.54 Å². The van der Waals surface area contributed by atoms with Crippen LogP contribution in [0.5, 0.6) is 0 Å². The van der Waals surface area contributed by atoms with Crippen molar-refractivity contribution < 1.29 is 4.42 Å². The summed E-state index contributed by atoms with van der Waals surface area (Å²) >= 11 is 1.73. The highest BCUT2D eigenvalue weighted by atomic mass is 32.1. The maximum atomic E-state index is 5.77. The van der Waals surface area contributed by atoms with Gasteiger partial charge in [-0.25, -0.2) is 4.98 Å². The second kappa shape index (κ2) is 4.92. The first-order chi connectivity index (χ1) is 8.88. The predicted molar refractivity (Wildman–Crippen MR) is 74.7 cm³/mol. The van der Waals surface area contributed by atoms with Crippen LogP contribution >= 0.6 is 11.3 Å². The zero-order chi connectivity index (χ0) is 12.4. The maximum absolute atomic E-state index is 5.77. The molecule has 0 saturated carbocycles. The Bertz CT molecular complexity index is 656. The molecule has 0 unspecified atom stereocenters. The lowest BCUT2D eigenvalue weighted by Crippen LogP contribution is -2.11. The smallest absolute Gasteiger partial charge is 0.208 e. The fourth-order valence-electron chi connectivity index (χ4n) is 1.92. The van der Waals surface area contributed by atoms with Gasteiger partial charge in [0, 0.05) is 21.0 Å². The number of hydrogen-bond donors (Lipinski definition) is 1. The molecule has 1 N–H and O–H groups in total. The molecule has 3 rings (SSSR count). The molecule has 3 nitrogen and oxygen atoms in total. The molecule has 0 saturated heterocycles. The highest BCUT2D eigenvalue weighted by molar-refractivity contribution is 7.17. The molecule has 0 aliphatic heterocycles. The molecule has 0 aliphatic rings. The molecule has 0 bridgehead atoms. The van der Waals surface area contributed by atoms with Crippen LogP contribution in [-0.4, -0.2) is 11.5 Å². The molecule has 92 valence electrons. The maximum Gasteiger partial charge on any atom is 0.208 e. The number of fused-ring (bicyclic) bond motifs is 1. The number of nitrogens with one attached hydrogen (secondary N) is 1. The Kier molecular flexibility index (Phi) is 3.13. The van der Waals surface area contributed by atoms with Crippen LogP contribution in [-0.2, 0) is 6.54 Å². The van der Waals surface area contributed by atoms with Crippen molar-refractivity contribution in [3.05, 3.63) is 41.7 Å². The van der Waals surface area contributed by atoms with Gasteiger partial charge in [-0.2, -0.15) is 0 Å². The van der Waals surface area contributed by atoms with Gasteiger partial charge in [0.05, 0.1) is 12.7 Å². The summed E-state index contributed by atoms with van der Waals surface area (Å²) in [6.07, 6.45) is 1.81. The quantitative estimate of drug-likeness (QED) is 0.776. The third-order valence-corrected chi connectivity index (χ3v) is 3.79. The number of nitrogens with zero attached hydrogens (tertiary/aromatic N) is 1. The van der Waals surface area contributed by atoms with Crippen molar-refractivity contribution in [3.63, 3.8) is 0 Å². The molecule has 3 aromatic rings. The molecule has 4 heteroatoms. The van der Waals surface area contributed by atoms with E-state index in [4.69, 9.17) is 4.42 Å². The summed E-state index contributed by atoms with van der Waals surface area (Å²) < 4.78 is 7.05. The van der Waals surface area contributed by atoms with Gasteiger partial charge in [-0.3, -0.25) is 0 Å². The summed E-state index contributed by atoms with van der Waals surface area (Å²) in [6.45, 7) is 3.66. The number of hydrogen-bond acceptors (Lipinski definition) is 4. The minimum Gasteiger partial charge on any atom is -0.439 e. The topological polar surface area (TPSA) is 38.1 Å². The van der Waals surface area contributed by atoms with Gasteiger partial charge in [0.1, 0.15) is 0 Å². The standard InChI is InChI=1S/C14H14N2OS/c1-2-15-8-14-16-7-12(17-14)11-9-18-13-6-4-3-5-10(11)13/h3-7,9,15H,2,8H2,1H3. The third-order valence-electron chi connectivity index (χ3n) is 2.83. The van der Waals surface area contributed by atoms with Crippen molar-refractivity contribution in [2.45, 2.75) is 13.5 Å². The lowest BCUT2D eigenvalue weighted by Gasteiger charge is -1.96. The average Bonchev–Trinajstić information content (AvgIpc) is 3.02. The van der Waals surface area contributed by atoms with Crippen LogP contribution in [0.3, 0.4) is 0 Å². The second-order valence-corrected chi connectivity index (χ2v) is 4.96. The first-order valence-corrected chi connectivity index (χ1v) is 6.88. The fraction of sp³-hybridized carbons (Fsp3) is 0.214. The predicted octanol–water partition coefficient (Wildman–Crippen LogP) is 3.67. The van der Waals surface area contributed by atoms with Crippen molar-refractivity contribution in [2.24, 2.45) is 0 Å². The van der Waals surface area contributed by atoms with Crippen molar-refractivity contribution in [3.8, 4) is 11.3 Å². The molecular formula is C14H14N2OS. The zero-order valence-electron chi connectivity index (χ0n) is 10.1. The number of rotatable bonds is 4. The van der Waals surface area contributed by atoms with Gasteiger partial charge in [-0.1, -0.05) is 25.1 Å². The molecule has 0 radical (unpaired) electrons. The lowest BCUT2D eigenvalue weighted by atomic mass is 10.1. The van der Waals surface area contributed by atoms with E-state index in [1.54, 1.807) is 17.5 Å².